The fraction of sp³-hybridized carbons (Fsp3) is 0.400. The molecule has 0 radical (unpaired) electrons. The van der Waals surface area contributed by atoms with Crippen LogP contribution in [0.3, 0.4) is 0 Å². The van der Waals surface area contributed by atoms with Crippen molar-refractivity contribution in [3.8, 4) is 0 Å². The van der Waals surface area contributed by atoms with E-state index in [1.807, 2.05) is 18.3 Å². The summed E-state index contributed by atoms with van der Waals surface area (Å²) in [6, 6.07) is 3.89. The average molecular weight is 247 g/mol. The minimum absolute atomic E-state index is 0.343. The molecule has 3 nitrogen and oxygen atoms in total. The van der Waals surface area contributed by atoms with Crippen molar-refractivity contribution in [2.75, 3.05) is 6.54 Å². The van der Waals surface area contributed by atoms with Gasteiger partial charge in [-0.15, -0.1) is 0 Å². The Kier molecular flexibility index (Phi) is 5.43. The Morgan fingerprint density at radius 2 is 2.33 bits per heavy atom. The number of hydrogen-bond donors (Lipinski definition) is 1. The number of aryl methyl sites for hydroxylation is 1. The summed E-state index contributed by atoms with van der Waals surface area (Å²) in [6.07, 6.45) is 5.27. The highest BCUT2D eigenvalue weighted by Crippen LogP contribution is 2.02. The second-order valence-electron chi connectivity index (χ2n) is 3.06. The number of halogens is 2. The van der Waals surface area contributed by atoms with Gasteiger partial charge in [-0.1, -0.05) is 29.3 Å². The monoisotopic (exact) mass is 246 g/mol. The molecular weight excluding hydrogens is 235 g/mol. The Morgan fingerprint density at radius 3 is 2.93 bits per heavy atom. The molecular formula is C10H12Cl2N2O. The second kappa shape index (κ2) is 6.64. The van der Waals surface area contributed by atoms with Gasteiger partial charge in [0.25, 0.3) is 5.91 Å². The molecule has 0 aliphatic carbocycles. The summed E-state index contributed by atoms with van der Waals surface area (Å²) in [5.41, 5.74) is 1.15. The van der Waals surface area contributed by atoms with Gasteiger partial charge in [-0.3, -0.25) is 9.78 Å². The molecule has 0 bridgehead atoms. The van der Waals surface area contributed by atoms with Crippen molar-refractivity contribution in [2.24, 2.45) is 0 Å². The van der Waals surface area contributed by atoms with Gasteiger partial charge >= 0.3 is 0 Å². The maximum absolute atomic E-state index is 11.0. The van der Waals surface area contributed by atoms with Gasteiger partial charge in [-0.25, -0.2) is 0 Å². The van der Waals surface area contributed by atoms with Gasteiger partial charge in [-0.2, -0.15) is 0 Å². The predicted molar refractivity (Wildman–Crippen MR) is 61.1 cm³/mol. The summed E-state index contributed by atoms with van der Waals surface area (Å²) in [5, 5.41) is 2.63. The van der Waals surface area contributed by atoms with Gasteiger partial charge in [0.2, 0.25) is 0 Å². The molecule has 1 aromatic heterocycles. The lowest BCUT2D eigenvalue weighted by atomic mass is 10.1. The lowest BCUT2D eigenvalue weighted by Crippen LogP contribution is -2.29. The van der Waals surface area contributed by atoms with E-state index in [0.717, 1.165) is 18.4 Å². The SMILES string of the molecule is O=C(NCCCc1cccnc1)C(Cl)Cl. The van der Waals surface area contributed by atoms with Gasteiger partial charge in [0.1, 0.15) is 0 Å². The first-order valence-corrected chi connectivity index (χ1v) is 5.52. The third-order valence-electron chi connectivity index (χ3n) is 1.86. The minimum atomic E-state index is -0.983. The molecule has 0 aromatic carbocycles. The Balaban J connectivity index is 2.15. The summed E-state index contributed by atoms with van der Waals surface area (Å²) in [4.78, 5) is 14.0. The quantitative estimate of drug-likeness (QED) is 0.638. The van der Waals surface area contributed by atoms with Crippen LogP contribution in [0.1, 0.15) is 12.0 Å². The summed E-state index contributed by atoms with van der Waals surface area (Å²) < 4.78 is 0. The van der Waals surface area contributed by atoms with Crippen molar-refractivity contribution >= 4 is 29.1 Å². The molecule has 1 N–H and O–H groups in total. The van der Waals surface area contributed by atoms with Crippen molar-refractivity contribution in [2.45, 2.75) is 17.7 Å². The standard InChI is InChI=1S/C10H12Cl2N2O/c11-9(12)10(15)14-6-2-4-8-3-1-5-13-7-8/h1,3,5,7,9H,2,4,6H2,(H,14,15). The summed E-state index contributed by atoms with van der Waals surface area (Å²) in [7, 11) is 0. The zero-order valence-corrected chi connectivity index (χ0v) is 9.63. The highest BCUT2D eigenvalue weighted by Gasteiger charge is 2.09. The Bertz CT molecular complexity index is 304. The molecule has 0 fully saturated rings. The Morgan fingerprint density at radius 1 is 1.53 bits per heavy atom. The van der Waals surface area contributed by atoms with E-state index in [0.29, 0.717) is 6.54 Å². The van der Waals surface area contributed by atoms with E-state index < -0.39 is 4.84 Å². The zero-order valence-electron chi connectivity index (χ0n) is 8.12. The lowest BCUT2D eigenvalue weighted by molar-refractivity contribution is -0.119. The van der Waals surface area contributed by atoms with E-state index in [1.165, 1.54) is 0 Å². The van der Waals surface area contributed by atoms with E-state index in [-0.39, 0.29) is 5.91 Å². The van der Waals surface area contributed by atoms with Crippen molar-refractivity contribution in [3.05, 3.63) is 30.1 Å². The van der Waals surface area contributed by atoms with Gasteiger partial charge in [0.05, 0.1) is 0 Å². The maximum atomic E-state index is 11.0. The Labute approximate surface area is 98.8 Å². The summed E-state index contributed by atoms with van der Waals surface area (Å²) in [5.74, 6) is -0.343. The number of hydrogen-bond acceptors (Lipinski definition) is 2. The number of amides is 1. The number of rotatable bonds is 5. The number of aromatic nitrogens is 1. The van der Waals surface area contributed by atoms with E-state index in [2.05, 4.69) is 10.3 Å². The predicted octanol–water partition coefficient (Wildman–Crippen LogP) is 1.93. The van der Waals surface area contributed by atoms with Crippen LogP contribution in [0.15, 0.2) is 24.5 Å². The molecule has 0 saturated heterocycles. The largest absolute Gasteiger partial charge is 0.354 e. The van der Waals surface area contributed by atoms with Crippen molar-refractivity contribution in [1.82, 2.24) is 10.3 Å². The molecule has 82 valence electrons. The smallest absolute Gasteiger partial charge is 0.253 e. The molecule has 0 spiro atoms. The van der Waals surface area contributed by atoms with Gasteiger partial charge in [0, 0.05) is 18.9 Å². The van der Waals surface area contributed by atoms with Crippen LogP contribution in [0.5, 0.6) is 0 Å². The van der Waals surface area contributed by atoms with Gasteiger partial charge in [-0.05, 0) is 24.5 Å². The van der Waals surface area contributed by atoms with E-state index >= 15 is 0 Å². The number of alkyl halides is 2. The number of carbonyl (C=O) groups is 1. The summed E-state index contributed by atoms with van der Waals surface area (Å²) in [6.45, 7) is 0.573. The first kappa shape index (κ1) is 12.3. The molecule has 15 heavy (non-hydrogen) atoms. The third-order valence-corrected chi connectivity index (χ3v) is 2.26. The van der Waals surface area contributed by atoms with Gasteiger partial charge < -0.3 is 5.32 Å². The molecule has 1 rings (SSSR count). The fourth-order valence-corrected chi connectivity index (χ4v) is 1.28. The van der Waals surface area contributed by atoms with Crippen LogP contribution in [0.25, 0.3) is 0 Å². The van der Waals surface area contributed by atoms with Crippen molar-refractivity contribution in [1.29, 1.82) is 0 Å². The normalized spacial score (nSPS) is 10.3. The number of carbonyl (C=O) groups excluding carboxylic acids is 1. The molecule has 0 aliphatic heterocycles. The average Bonchev–Trinajstić information content (AvgIpc) is 2.25. The van der Waals surface area contributed by atoms with Crippen LogP contribution in [0.2, 0.25) is 0 Å². The topological polar surface area (TPSA) is 42.0 Å². The molecule has 1 heterocycles. The molecule has 0 aliphatic rings. The number of nitrogens with one attached hydrogen (secondary N) is 1. The number of nitrogens with zero attached hydrogens (tertiary/aromatic N) is 1. The molecule has 0 unspecified atom stereocenters. The first-order chi connectivity index (χ1) is 7.20. The highest BCUT2D eigenvalue weighted by atomic mass is 35.5. The minimum Gasteiger partial charge on any atom is -0.354 e. The van der Waals surface area contributed by atoms with Crippen molar-refractivity contribution < 1.29 is 4.79 Å². The second-order valence-corrected chi connectivity index (χ2v) is 4.15. The fourth-order valence-electron chi connectivity index (χ4n) is 1.13. The molecule has 0 saturated carbocycles. The van der Waals surface area contributed by atoms with Crippen LogP contribution in [0.4, 0.5) is 0 Å². The lowest BCUT2D eigenvalue weighted by Gasteiger charge is -2.04. The van der Waals surface area contributed by atoms with Crippen LogP contribution in [-0.2, 0) is 11.2 Å². The molecule has 1 amide bonds. The van der Waals surface area contributed by atoms with E-state index in [9.17, 15) is 4.79 Å². The van der Waals surface area contributed by atoms with E-state index in [1.54, 1.807) is 6.20 Å². The highest BCUT2D eigenvalue weighted by molar-refractivity contribution is 6.53. The summed E-state index contributed by atoms with van der Waals surface area (Å²) >= 11 is 10.7. The number of pyridine rings is 1. The maximum Gasteiger partial charge on any atom is 0.253 e. The van der Waals surface area contributed by atoms with E-state index in [4.69, 9.17) is 23.2 Å². The van der Waals surface area contributed by atoms with Crippen LogP contribution in [-0.4, -0.2) is 22.3 Å². The van der Waals surface area contributed by atoms with Crippen molar-refractivity contribution in [3.63, 3.8) is 0 Å². The van der Waals surface area contributed by atoms with Crippen LogP contribution in [0, 0.1) is 0 Å². The Hall–Kier alpha value is -0.800. The molecule has 0 atom stereocenters. The third kappa shape index (κ3) is 5.00. The van der Waals surface area contributed by atoms with Gasteiger partial charge in [0.15, 0.2) is 4.84 Å². The molecule has 5 heteroatoms. The van der Waals surface area contributed by atoms with Crippen LogP contribution < -0.4 is 5.32 Å². The van der Waals surface area contributed by atoms with Crippen LogP contribution >= 0.6 is 23.2 Å². The first-order valence-electron chi connectivity index (χ1n) is 4.65. The zero-order chi connectivity index (χ0) is 11.1. The molecule has 1 aromatic rings.